The van der Waals surface area contributed by atoms with Gasteiger partial charge in [-0.25, -0.2) is 18.2 Å². The van der Waals surface area contributed by atoms with Crippen molar-refractivity contribution in [1.82, 2.24) is 4.98 Å². The average molecular weight is 526 g/mol. The van der Waals surface area contributed by atoms with Gasteiger partial charge in [0.05, 0.1) is 33.4 Å². The number of nitrogen functional groups attached to an aromatic ring is 1. The van der Waals surface area contributed by atoms with Crippen LogP contribution in [0.4, 0.5) is 16.6 Å². The minimum Gasteiger partial charge on any atom is -0.466 e. The Balaban J connectivity index is 1.75. The van der Waals surface area contributed by atoms with E-state index in [9.17, 15) is 18.0 Å². The first kappa shape index (κ1) is 24.7. The molecule has 2 aromatic carbocycles. The lowest BCUT2D eigenvalue weighted by atomic mass is 10.1. The molecule has 0 aliphatic carbocycles. The number of sulfone groups is 1. The van der Waals surface area contributed by atoms with E-state index in [1.165, 1.54) is 25.3 Å². The van der Waals surface area contributed by atoms with Crippen LogP contribution in [0.2, 0.25) is 10.0 Å². The molecule has 3 aromatic rings. The molecule has 0 aliphatic heterocycles. The van der Waals surface area contributed by atoms with Crippen molar-refractivity contribution in [3.8, 4) is 0 Å². The zero-order valence-electron chi connectivity index (χ0n) is 17.0. The fourth-order valence-corrected chi connectivity index (χ4v) is 5.19. The van der Waals surface area contributed by atoms with Gasteiger partial charge in [0.25, 0.3) is 0 Å². The first-order valence-electron chi connectivity index (χ1n) is 9.21. The summed E-state index contributed by atoms with van der Waals surface area (Å²) in [5.74, 6) is -1.43. The van der Waals surface area contributed by atoms with Crippen LogP contribution in [0.5, 0.6) is 0 Å². The largest absolute Gasteiger partial charge is 0.466 e. The van der Waals surface area contributed by atoms with Gasteiger partial charge < -0.3 is 15.8 Å². The molecule has 0 aliphatic rings. The molecule has 172 valence electrons. The number of halogens is 2. The van der Waals surface area contributed by atoms with Crippen LogP contribution in [0.15, 0.2) is 59.5 Å². The summed E-state index contributed by atoms with van der Waals surface area (Å²) in [6.07, 6.45) is 2.27. The first-order valence-corrected chi connectivity index (χ1v) is 12.4. The Morgan fingerprint density at radius 1 is 1.15 bits per heavy atom. The van der Waals surface area contributed by atoms with Crippen molar-refractivity contribution < 1.29 is 22.7 Å². The number of anilines is 3. The van der Waals surface area contributed by atoms with Crippen LogP contribution in [0, 0.1) is 0 Å². The normalized spacial score (nSPS) is 11.5. The van der Waals surface area contributed by atoms with E-state index in [1.807, 2.05) is 0 Å². The average Bonchev–Trinajstić information content (AvgIpc) is 3.13. The summed E-state index contributed by atoms with van der Waals surface area (Å²) in [5.41, 5.74) is 6.59. The van der Waals surface area contributed by atoms with Crippen molar-refractivity contribution in [2.24, 2.45) is 0 Å². The molecule has 1 heterocycles. The SMILES string of the molecule is COC(=O)/C=C/CS(=O)(=O)c1ccc(Nc2nc(N)c(C(=O)c3c(Cl)cccc3Cl)s2)cc1. The molecule has 0 atom stereocenters. The van der Waals surface area contributed by atoms with Gasteiger partial charge >= 0.3 is 5.97 Å². The minimum absolute atomic E-state index is 0.0140. The van der Waals surface area contributed by atoms with Gasteiger partial charge in [-0.3, -0.25) is 4.79 Å². The lowest BCUT2D eigenvalue weighted by Gasteiger charge is -2.05. The molecule has 0 amide bonds. The standard InChI is InChI=1S/C21H17Cl2N3O5S2/c1-31-16(27)6-3-11-33(29,30)13-9-7-12(8-10-13)25-21-26-20(24)19(32-21)18(28)17-14(22)4-2-5-15(17)23/h2-10H,11,24H2,1H3,(H,25,26)/b6-3+. The highest BCUT2D eigenvalue weighted by Gasteiger charge is 2.22. The number of nitrogens with two attached hydrogens (primary N) is 1. The predicted molar refractivity (Wildman–Crippen MR) is 129 cm³/mol. The smallest absolute Gasteiger partial charge is 0.330 e. The second-order valence-corrected chi connectivity index (χ2v) is 10.4. The van der Waals surface area contributed by atoms with Gasteiger partial charge in [0.1, 0.15) is 10.7 Å². The summed E-state index contributed by atoms with van der Waals surface area (Å²) < 4.78 is 29.2. The number of hydrogen-bond donors (Lipinski definition) is 2. The molecule has 0 bridgehead atoms. The van der Waals surface area contributed by atoms with E-state index >= 15 is 0 Å². The maximum absolute atomic E-state index is 12.9. The maximum atomic E-state index is 12.9. The maximum Gasteiger partial charge on any atom is 0.330 e. The number of benzene rings is 2. The van der Waals surface area contributed by atoms with Gasteiger partial charge in [-0.15, -0.1) is 0 Å². The van der Waals surface area contributed by atoms with Crippen LogP contribution >= 0.6 is 34.5 Å². The quantitative estimate of drug-likeness (QED) is 0.249. The molecule has 0 unspecified atom stereocenters. The number of nitrogens with one attached hydrogen (secondary N) is 1. The fraction of sp³-hybridized carbons (Fsp3) is 0.0952. The van der Waals surface area contributed by atoms with Gasteiger partial charge in [-0.2, -0.15) is 0 Å². The topological polar surface area (TPSA) is 128 Å². The van der Waals surface area contributed by atoms with Gasteiger partial charge in [0, 0.05) is 11.8 Å². The summed E-state index contributed by atoms with van der Waals surface area (Å²) >= 11 is 13.2. The molecule has 0 spiro atoms. The van der Waals surface area contributed by atoms with Gasteiger partial charge in [0.15, 0.2) is 15.0 Å². The monoisotopic (exact) mass is 525 g/mol. The number of esters is 1. The lowest BCUT2D eigenvalue weighted by molar-refractivity contribution is -0.134. The Kier molecular flexibility index (Phi) is 7.75. The molecule has 33 heavy (non-hydrogen) atoms. The molecule has 3 rings (SSSR count). The van der Waals surface area contributed by atoms with Crippen LogP contribution < -0.4 is 11.1 Å². The number of carbonyl (C=O) groups excluding carboxylic acids is 2. The van der Waals surface area contributed by atoms with Crippen LogP contribution in [0.3, 0.4) is 0 Å². The molecular formula is C21H17Cl2N3O5S2. The van der Waals surface area contributed by atoms with Crippen molar-refractivity contribution in [1.29, 1.82) is 0 Å². The number of rotatable bonds is 8. The second-order valence-electron chi connectivity index (χ2n) is 6.52. The van der Waals surface area contributed by atoms with Crippen LogP contribution in [0.25, 0.3) is 0 Å². The highest BCUT2D eigenvalue weighted by atomic mass is 35.5. The highest BCUT2D eigenvalue weighted by Crippen LogP contribution is 2.34. The van der Waals surface area contributed by atoms with E-state index in [0.29, 0.717) is 10.8 Å². The van der Waals surface area contributed by atoms with E-state index in [2.05, 4.69) is 15.0 Å². The third kappa shape index (κ3) is 5.91. The molecule has 3 N–H and O–H groups in total. The molecule has 0 radical (unpaired) electrons. The summed E-state index contributed by atoms with van der Waals surface area (Å²) in [6, 6.07) is 10.6. The number of methoxy groups -OCH3 is 1. The van der Waals surface area contributed by atoms with E-state index in [-0.39, 0.29) is 37.0 Å². The molecule has 12 heteroatoms. The van der Waals surface area contributed by atoms with Crippen LogP contribution in [-0.4, -0.2) is 38.0 Å². The second kappa shape index (κ2) is 10.3. The summed E-state index contributed by atoms with van der Waals surface area (Å²) in [7, 11) is -2.43. The predicted octanol–water partition coefficient (Wildman–Crippen LogP) is 4.51. The number of carbonyl (C=O) groups is 2. The first-order chi connectivity index (χ1) is 15.6. The Bertz CT molecular complexity index is 1320. The van der Waals surface area contributed by atoms with Crippen molar-refractivity contribution in [3.05, 3.63) is 75.1 Å². The summed E-state index contributed by atoms with van der Waals surface area (Å²) in [6.45, 7) is 0. The van der Waals surface area contributed by atoms with E-state index < -0.39 is 21.6 Å². The Morgan fingerprint density at radius 2 is 1.79 bits per heavy atom. The van der Waals surface area contributed by atoms with E-state index in [1.54, 1.807) is 30.3 Å². The zero-order chi connectivity index (χ0) is 24.2. The third-order valence-corrected chi connectivity index (χ3v) is 7.52. The Morgan fingerprint density at radius 3 is 2.39 bits per heavy atom. The Labute approximate surface area is 203 Å². The lowest BCUT2D eigenvalue weighted by Crippen LogP contribution is -2.05. The molecule has 0 fully saturated rings. The van der Waals surface area contributed by atoms with Crippen molar-refractivity contribution in [2.75, 3.05) is 23.9 Å². The number of hydrogen-bond acceptors (Lipinski definition) is 9. The van der Waals surface area contributed by atoms with Gasteiger partial charge in [0.2, 0.25) is 5.78 Å². The van der Waals surface area contributed by atoms with Crippen molar-refractivity contribution in [3.63, 3.8) is 0 Å². The molecule has 0 saturated carbocycles. The minimum atomic E-state index is -3.63. The molecule has 0 saturated heterocycles. The number of ketones is 1. The highest BCUT2D eigenvalue weighted by molar-refractivity contribution is 7.91. The summed E-state index contributed by atoms with van der Waals surface area (Å²) in [5, 5.41) is 3.72. The number of aromatic nitrogens is 1. The van der Waals surface area contributed by atoms with Crippen LogP contribution in [-0.2, 0) is 19.4 Å². The van der Waals surface area contributed by atoms with E-state index in [4.69, 9.17) is 28.9 Å². The number of ether oxygens (including phenoxy) is 1. The molecular weight excluding hydrogens is 509 g/mol. The van der Waals surface area contributed by atoms with Crippen LogP contribution in [0.1, 0.15) is 15.2 Å². The third-order valence-electron chi connectivity index (χ3n) is 4.28. The Hall–Kier alpha value is -2.92. The van der Waals surface area contributed by atoms with Gasteiger partial charge in [-0.05, 0) is 36.4 Å². The zero-order valence-corrected chi connectivity index (χ0v) is 20.2. The van der Waals surface area contributed by atoms with Crippen molar-refractivity contribution >= 4 is 72.8 Å². The number of thiazole rings is 1. The van der Waals surface area contributed by atoms with Crippen molar-refractivity contribution in [2.45, 2.75) is 4.90 Å². The molecule has 8 nitrogen and oxygen atoms in total. The van der Waals surface area contributed by atoms with Gasteiger partial charge in [-0.1, -0.05) is 46.7 Å². The van der Waals surface area contributed by atoms with E-state index in [0.717, 1.165) is 17.4 Å². The fourth-order valence-electron chi connectivity index (χ4n) is 2.68. The summed E-state index contributed by atoms with van der Waals surface area (Å²) in [4.78, 5) is 28.3. The number of nitrogens with zero attached hydrogens (tertiary/aromatic N) is 1. The molecule has 1 aromatic heterocycles.